The Morgan fingerprint density at radius 1 is 1.67 bits per heavy atom. The van der Waals surface area contributed by atoms with E-state index in [0.29, 0.717) is 17.5 Å². The van der Waals surface area contributed by atoms with Crippen molar-refractivity contribution in [1.29, 1.82) is 0 Å². The van der Waals surface area contributed by atoms with Crippen LogP contribution in [0.2, 0.25) is 0 Å². The number of carbonyl (C=O) groups is 1. The van der Waals surface area contributed by atoms with Crippen LogP contribution in [-0.2, 0) is 4.79 Å². The highest BCUT2D eigenvalue weighted by Crippen LogP contribution is 2.37. The average Bonchev–Trinajstić information content (AvgIpc) is 2.87. The van der Waals surface area contributed by atoms with Crippen LogP contribution in [0.3, 0.4) is 0 Å². The highest BCUT2D eigenvalue weighted by atomic mass is 32.2. The molecule has 2 rings (SSSR count). The monoisotopic (exact) mass is 271 g/mol. The molecule has 1 aromatic heterocycles. The molecule has 0 radical (unpaired) electrons. The number of aliphatic carboxylic acids is 1. The number of hydrogen-bond acceptors (Lipinski definition) is 6. The molecule has 0 aromatic carbocycles. The van der Waals surface area contributed by atoms with Gasteiger partial charge in [0.15, 0.2) is 0 Å². The number of aryl methyl sites for hydroxylation is 1. The second-order valence-electron chi connectivity index (χ2n) is 4.66. The Balaban J connectivity index is 1.85. The Kier molecular flexibility index (Phi) is 3.91. The van der Waals surface area contributed by atoms with Gasteiger partial charge in [-0.3, -0.25) is 4.79 Å². The molecule has 6 nitrogen and oxygen atoms in total. The lowest BCUT2D eigenvalue weighted by Gasteiger charge is -2.26. The lowest BCUT2D eigenvalue weighted by atomic mass is 9.86. The zero-order chi connectivity index (χ0) is 13.2. The lowest BCUT2D eigenvalue weighted by Crippen LogP contribution is -2.51. The molecule has 1 aromatic rings. The van der Waals surface area contributed by atoms with Gasteiger partial charge in [-0.1, -0.05) is 18.2 Å². The molecule has 3 N–H and O–H groups in total. The van der Waals surface area contributed by atoms with Crippen LogP contribution in [-0.4, -0.2) is 32.6 Å². The fourth-order valence-electron chi connectivity index (χ4n) is 2.41. The van der Waals surface area contributed by atoms with Crippen LogP contribution in [0.5, 0.6) is 0 Å². The van der Waals surface area contributed by atoms with Gasteiger partial charge in [0.2, 0.25) is 5.89 Å². The fourth-order valence-corrected chi connectivity index (χ4v) is 3.27. The van der Waals surface area contributed by atoms with Crippen molar-refractivity contribution in [2.75, 3.05) is 5.75 Å². The predicted molar refractivity (Wildman–Crippen MR) is 66.3 cm³/mol. The van der Waals surface area contributed by atoms with Crippen LogP contribution >= 0.6 is 11.8 Å². The van der Waals surface area contributed by atoms with Gasteiger partial charge in [-0.05, 0) is 25.2 Å². The maximum absolute atomic E-state index is 11.2. The highest BCUT2D eigenvalue weighted by molar-refractivity contribution is 7.99. The summed E-state index contributed by atoms with van der Waals surface area (Å²) in [5.41, 5.74) is 4.92. The zero-order valence-corrected chi connectivity index (χ0v) is 11.1. The summed E-state index contributed by atoms with van der Waals surface area (Å²) in [6.07, 6.45) is 3.09. The van der Waals surface area contributed by atoms with E-state index in [1.54, 1.807) is 6.92 Å². The van der Waals surface area contributed by atoms with E-state index in [-0.39, 0.29) is 5.92 Å². The Morgan fingerprint density at radius 3 is 3.06 bits per heavy atom. The third-order valence-corrected chi connectivity index (χ3v) is 4.32. The largest absolute Gasteiger partial charge is 0.480 e. The molecule has 0 spiro atoms. The van der Waals surface area contributed by atoms with Crippen LogP contribution in [0.25, 0.3) is 0 Å². The van der Waals surface area contributed by atoms with Crippen molar-refractivity contribution < 1.29 is 14.3 Å². The van der Waals surface area contributed by atoms with E-state index in [0.717, 1.165) is 25.0 Å². The average molecular weight is 271 g/mol. The van der Waals surface area contributed by atoms with Crippen molar-refractivity contribution in [3.8, 4) is 0 Å². The SMILES string of the molecule is Cc1nnc(SCCC2CCCC2(N)C(=O)O)o1. The lowest BCUT2D eigenvalue weighted by molar-refractivity contribution is -0.144. The second kappa shape index (κ2) is 5.27. The van der Waals surface area contributed by atoms with E-state index in [4.69, 9.17) is 10.2 Å². The topological polar surface area (TPSA) is 102 Å². The molecule has 7 heteroatoms. The minimum atomic E-state index is -1.05. The van der Waals surface area contributed by atoms with Gasteiger partial charge in [-0.2, -0.15) is 0 Å². The maximum Gasteiger partial charge on any atom is 0.323 e. The summed E-state index contributed by atoms with van der Waals surface area (Å²) in [4.78, 5) is 11.2. The van der Waals surface area contributed by atoms with Crippen molar-refractivity contribution >= 4 is 17.7 Å². The Morgan fingerprint density at radius 2 is 2.44 bits per heavy atom. The van der Waals surface area contributed by atoms with Crippen molar-refractivity contribution in [3.63, 3.8) is 0 Å². The molecule has 2 unspecified atom stereocenters. The third kappa shape index (κ3) is 2.67. The molecule has 18 heavy (non-hydrogen) atoms. The van der Waals surface area contributed by atoms with E-state index in [1.165, 1.54) is 11.8 Å². The Hall–Kier alpha value is -1.08. The number of aromatic nitrogens is 2. The molecular formula is C11H17N3O3S. The van der Waals surface area contributed by atoms with Gasteiger partial charge in [0.05, 0.1) is 0 Å². The summed E-state index contributed by atoms with van der Waals surface area (Å²) in [5, 5.41) is 17.3. The number of hydrogen-bond donors (Lipinski definition) is 2. The summed E-state index contributed by atoms with van der Waals surface area (Å²) < 4.78 is 5.24. The van der Waals surface area contributed by atoms with Crippen molar-refractivity contribution in [2.45, 2.75) is 43.4 Å². The van der Waals surface area contributed by atoms with Crippen LogP contribution in [0.15, 0.2) is 9.64 Å². The molecule has 0 aliphatic heterocycles. The first-order valence-corrected chi connectivity index (χ1v) is 6.96. The summed E-state index contributed by atoms with van der Waals surface area (Å²) in [6.45, 7) is 1.74. The van der Waals surface area contributed by atoms with Gasteiger partial charge in [0.25, 0.3) is 5.22 Å². The number of rotatable bonds is 5. The van der Waals surface area contributed by atoms with E-state index in [9.17, 15) is 9.90 Å². The van der Waals surface area contributed by atoms with Crippen molar-refractivity contribution in [2.24, 2.45) is 11.7 Å². The third-order valence-electron chi connectivity index (χ3n) is 3.47. The Bertz CT molecular complexity index is 437. The van der Waals surface area contributed by atoms with Gasteiger partial charge >= 0.3 is 5.97 Å². The summed E-state index contributed by atoms with van der Waals surface area (Å²) in [6, 6.07) is 0. The first kappa shape index (κ1) is 13.4. The van der Waals surface area contributed by atoms with Crippen LogP contribution in [0, 0.1) is 12.8 Å². The number of thioether (sulfide) groups is 1. The van der Waals surface area contributed by atoms with E-state index < -0.39 is 11.5 Å². The fraction of sp³-hybridized carbons (Fsp3) is 0.727. The molecule has 1 aliphatic rings. The smallest absolute Gasteiger partial charge is 0.323 e. The van der Waals surface area contributed by atoms with Crippen LogP contribution in [0.4, 0.5) is 0 Å². The van der Waals surface area contributed by atoms with Gasteiger partial charge in [-0.15, -0.1) is 10.2 Å². The molecule has 1 heterocycles. The molecule has 0 saturated heterocycles. The Labute approximate surface area is 109 Å². The number of nitrogens with zero attached hydrogens (tertiary/aromatic N) is 2. The molecule has 2 atom stereocenters. The molecule has 1 aliphatic carbocycles. The molecular weight excluding hydrogens is 254 g/mol. The summed E-state index contributed by atoms with van der Waals surface area (Å²) in [5.74, 6) is 0.436. The molecule has 0 amide bonds. The van der Waals surface area contributed by atoms with Gasteiger partial charge < -0.3 is 15.3 Å². The van der Waals surface area contributed by atoms with E-state index in [2.05, 4.69) is 10.2 Å². The molecule has 1 fully saturated rings. The molecule has 0 bridgehead atoms. The van der Waals surface area contributed by atoms with Gasteiger partial charge in [0.1, 0.15) is 5.54 Å². The van der Waals surface area contributed by atoms with Crippen LogP contribution in [0.1, 0.15) is 31.6 Å². The second-order valence-corrected chi connectivity index (χ2v) is 5.70. The minimum absolute atomic E-state index is 0.0338. The van der Waals surface area contributed by atoms with Crippen molar-refractivity contribution in [1.82, 2.24) is 10.2 Å². The molecule has 1 saturated carbocycles. The number of carboxylic acids is 1. The summed E-state index contributed by atoms with van der Waals surface area (Å²) in [7, 11) is 0. The normalized spacial score (nSPS) is 27.6. The van der Waals surface area contributed by atoms with Crippen molar-refractivity contribution in [3.05, 3.63) is 5.89 Å². The van der Waals surface area contributed by atoms with E-state index in [1.807, 2.05) is 0 Å². The highest BCUT2D eigenvalue weighted by Gasteiger charge is 2.45. The number of nitrogens with two attached hydrogens (primary N) is 1. The first-order chi connectivity index (χ1) is 8.52. The standard InChI is InChI=1S/C11H17N3O3S/c1-7-13-14-10(17-7)18-6-4-8-3-2-5-11(8,12)9(15)16/h8H,2-6,12H2,1H3,(H,15,16). The first-order valence-electron chi connectivity index (χ1n) is 5.97. The predicted octanol–water partition coefficient (Wildman–Crippen LogP) is 1.44. The zero-order valence-electron chi connectivity index (χ0n) is 10.3. The van der Waals surface area contributed by atoms with E-state index >= 15 is 0 Å². The maximum atomic E-state index is 11.2. The number of carboxylic acid groups (broad SMARTS) is 1. The van der Waals surface area contributed by atoms with Crippen LogP contribution < -0.4 is 5.73 Å². The van der Waals surface area contributed by atoms with Gasteiger partial charge in [0, 0.05) is 12.7 Å². The minimum Gasteiger partial charge on any atom is -0.480 e. The quantitative estimate of drug-likeness (QED) is 0.781. The molecule has 100 valence electrons. The van der Waals surface area contributed by atoms with Gasteiger partial charge in [-0.25, -0.2) is 0 Å². The summed E-state index contributed by atoms with van der Waals surface area (Å²) >= 11 is 1.45.